The molecule has 10 atom stereocenters. The van der Waals surface area contributed by atoms with Crippen molar-refractivity contribution in [1.82, 2.24) is 52.3 Å². The molecule has 524 valence electrons. The fourth-order valence-corrected chi connectivity index (χ4v) is 11.5. The summed E-state index contributed by atoms with van der Waals surface area (Å²) in [6, 6.07) is 4.51. The molecule has 0 spiro atoms. The average Bonchev–Trinajstić information content (AvgIpc) is 1.74. The molecule has 0 aromatic heterocycles. The quantitative estimate of drug-likeness (QED) is 0.0173. The average molecular weight is 1350 g/mol. The monoisotopic (exact) mass is 1350 g/mol. The van der Waals surface area contributed by atoms with Crippen molar-refractivity contribution in [2.75, 3.05) is 44.7 Å². The van der Waals surface area contributed by atoms with Crippen LogP contribution in [0.15, 0.2) is 65.7 Å². The van der Waals surface area contributed by atoms with Gasteiger partial charge in [0.15, 0.2) is 5.96 Å². The van der Waals surface area contributed by atoms with Crippen LogP contribution in [0, 0.1) is 5.92 Å². The van der Waals surface area contributed by atoms with Gasteiger partial charge in [-0.15, -0.1) is 0 Å². The third-order valence-electron chi connectivity index (χ3n) is 16.0. The summed E-state index contributed by atoms with van der Waals surface area (Å²) in [6.45, 7) is 3.86. The van der Waals surface area contributed by atoms with E-state index in [1.165, 1.54) is 21.6 Å². The lowest BCUT2D eigenvalue weighted by Crippen LogP contribution is -2.60. The highest BCUT2D eigenvalue weighted by Gasteiger charge is 2.42. The van der Waals surface area contributed by atoms with Crippen LogP contribution in [-0.2, 0) is 75.2 Å². The maximum atomic E-state index is 14.7. The third kappa shape index (κ3) is 27.5. The molecule has 2 aromatic carbocycles. The molecule has 2 aliphatic heterocycles. The Bertz CT molecular complexity index is 2960. The first-order chi connectivity index (χ1) is 45.2. The van der Waals surface area contributed by atoms with Crippen LogP contribution in [0.3, 0.4) is 0 Å². The largest absolute Gasteiger partial charge is 0.370 e. The number of nitrogens with two attached hydrogens (primary N) is 7. The molecule has 31 nitrogen and oxygen atoms in total. The molecule has 2 saturated heterocycles. The molecule has 0 radical (unpaired) electrons. The van der Waals surface area contributed by atoms with Gasteiger partial charge in [-0.1, -0.05) is 74.5 Å². The lowest BCUT2D eigenvalue weighted by molar-refractivity contribution is -0.144. The van der Waals surface area contributed by atoms with E-state index in [1.807, 2.05) is 20.1 Å². The summed E-state index contributed by atoms with van der Waals surface area (Å²) in [6.07, 6.45) is 3.12. The second-order valence-electron chi connectivity index (χ2n) is 24.1. The molecule has 0 unspecified atom stereocenters. The summed E-state index contributed by atoms with van der Waals surface area (Å²) < 4.78 is 0. The highest BCUT2D eigenvalue weighted by molar-refractivity contribution is 7.98. The molecule has 32 heteroatoms. The minimum absolute atomic E-state index is 0.0736. The van der Waals surface area contributed by atoms with E-state index in [0.717, 1.165) is 0 Å². The number of hydrogen-bond acceptors (Lipinski definition) is 17. The van der Waals surface area contributed by atoms with E-state index in [1.54, 1.807) is 60.7 Å². The predicted octanol–water partition coefficient (Wildman–Crippen LogP) is -3.71. The second kappa shape index (κ2) is 41.0. The van der Waals surface area contributed by atoms with Crippen LogP contribution >= 0.6 is 11.8 Å². The maximum Gasteiger partial charge on any atom is 0.245 e. The molecule has 0 bridgehead atoms. The number of guanidine groups is 1. The van der Waals surface area contributed by atoms with Crippen LogP contribution in [-0.4, -0.2) is 198 Å². The maximum absolute atomic E-state index is 14.7. The molecule has 95 heavy (non-hydrogen) atoms. The van der Waals surface area contributed by atoms with E-state index in [2.05, 4.69) is 47.5 Å². The molecule has 22 N–H and O–H groups in total. The van der Waals surface area contributed by atoms with Crippen LogP contribution < -0.4 is 82.7 Å². The Labute approximate surface area is 558 Å². The summed E-state index contributed by atoms with van der Waals surface area (Å²) in [4.78, 5) is 185. The van der Waals surface area contributed by atoms with Gasteiger partial charge >= 0.3 is 0 Å². The molecule has 2 heterocycles. The van der Waals surface area contributed by atoms with Crippen molar-refractivity contribution in [3.8, 4) is 0 Å². The second-order valence-corrected chi connectivity index (χ2v) is 25.1. The molecule has 0 saturated carbocycles. The molecule has 2 aliphatic rings. The van der Waals surface area contributed by atoms with Gasteiger partial charge in [0.25, 0.3) is 0 Å². The minimum atomic E-state index is -1.64. The molecule has 13 amide bonds. The van der Waals surface area contributed by atoms with E-state index >= 15 is 0 Å². The van der Waals surface area contributed by atoms with Crippen LogP contribution in [0.2, 0.25) is 0 Å². The van der Waals surface area contributed by atoms with E-state index < -0.39 is 169 Å². The first-order valence-electron chi connectivity index (χ1n) is 32.2. The number of rotatable bonds is 42. The zero-order valence-corrected chi connectivity index (χ0v) is 55.3. The number of nitrogens with zero attached hydrogens (tertiary/aromatic N) is 3. The number of benzene rings is 2. The van der Waals surface area contributed by atoms with Crippen LogP contribution in [0.1, 0.15) is 121 Å². The van der Waals surface area contributed by atoms with Gasteiger partial charge < -0.3 is 92.5 Å². The molecular formula is C63H98N18O13S. The summed E-state index contributed by atoms with van der Waals surface area (Å²) in [7, 11) is 0. The van der Waals surface area contributed by atoms with Crippen molar-refractivity contribution in [2.24, 2.45) is 51.0 Å². The Morgan fingerprint density at radius 2 is 1.01 bits per heavy atom. The van der Waals surface area contributed by atoms with Gasteiger partial charge in [0.2, 0.25) is 76.8 Å². The smallest absolute Gasteiger partial charge is 0.245 e. The SMILES string of the molecule is CSCC[C@H](NC(=O)[C@@H](CC(C)C)NC(=O)CNC(=O)[C@H](Cc1ccccc1)NC(=O)[C@@H](Cc1ccccc1)NC(=O)[C@@H](CCC(N)=O)NC(=O)[C@@H](CCC(N)=O)NC(=O)[C@H]1CCCN1C(=O)[C@H](CCCCN)NC(=O)[C@H]1CCCN1C(=O)[C@@H](N)CCCN=C(N)N)C(N)=O. The Balaban J connectivity index is 1.56. The zero-order valence-electron chi connectivity index (χ0n) is 54.5. The van der Waals surface area contributed by atoms with Crippen molar-refractivity contribution in [3.63, 3.8) is 0 Å². The predicted molar refractivity (Wildman–Crippen MR) is 356 cm³/mol. The van der Waals surface area contributed by atoms with Crippen molar-refractivity contribution in [2.45, 2.75) is 183 Å². The Morgan fingerprint density at radius 1 is 0.537 bits per heavy atom. The van der Waals surface area contributed by atoms with Crippen LogP contribution in [0.4, 0.5) is 0 Å². The number of aliphatic imine (C=N–C) groups is 1. The number of likely N-dealkylation sites (tertiary alicyclic amines) is 2. The highest BCUT2D eigenvalue weighted by atomic mass is 32.2. The Morgan fingerprint density at radius 3 is 1.51 bits per heavy atom. The Kier molecular flexibility index (Phi) is 33.9. The van der Waals surface area contributed by atoms with Crippen molar-refractivity contribution >= 4 is 94.5 Å². The van der Waals surface area contributed by atoms with Gasteiger partial charge in [-0.3, -0.25) is 67.3 Å². The van der Waals surface area contributed by atoms with Crippen LogP contribution in [0.25, 0.3) is 0 Å². The third-order valence-corrected chi connectivity index (χ3v) is 16.7. The Hall–Kier alpha value is -8.91. The minimum Gasteiger partial charge on any atom is -0.370 e. The highest BCUT2D eigenvalue weighted by Crippen LogP contribution is 2.24. The van der Waals surface area contributed by atoms with Crippen LogP contribution in [0.5, 0.6) is 0 Å². The topological polar surface area (TPSA) is 519 Å². The lowest BCUT2D eigenvalue weighted by atomic mass is 10.0. The zero-order chi connectivity index (χ0) is 70.1. The summed E-state index contributed by atoms with van der Waals surface area (Å²) in [5, 5.41) is 21.1. The number of thioether (sulfide) groups is 1. The van der Waals surface area contributed by atoms with Gasteiger partial charge in [-0.05, 0) is 119 Å². The molecule has 0 aliphatic carbocycles. The molecule has 2 fully saturated rings. The summed E-state index contributed by atoms with van der Waals surface area (Å²) in [5.74, 6) is -9.80. The fraction of sp³-hybridized carbons (Fsp3) is 0.587. The summed E-state index contributed by atoms with van der Waals surface area (Å²) >= 11 is 1.45. The molecular weight excluding hydrogens is 1250 g/mol. The van der Waals surface area contributed by atoms with Crippen molar-refractivity contribution < 1.29 is 62.3 Å². The van der Waals surface area contributed by atoms with E-state index in [0.29, 0.717) is 55.4 Å². The number of hydrogen-bond donors (Lipinski definition) is 15. The van der Waals surface area contributed by atoms with Gasteiger partial charge in [0.1, 0.15) is 54.4 Å². The molecule has 4 rings (SSSR count). The first kappa shape index (κ1) is 78.5. The van der Waals surface area contributed by atoms with E-state index in [-0.39, 0.29) is 83.0 Å². The number of primary amides is 3. The lowest BCUT2D eigenvalue weighted by Gasteiger charge is -2.32. The standard InChI is InChI=1S/C63H98N18O13S/c1-37(2)33-45(57(89)74-41(53(68)85)27-32-95-3)73-52(84)36-72-54(86)46(34-38-15-6-4-7-16-38)78-58(90)47(35-39-17-8-5-9-18-39)79-56(88)42(23-25-50(66)82)75-55(87)43(24-26-51(67)83)76-59(91)49-22-14-31-81(49)62(94)44(20-10-11-28-64)77-60(92)48-21-13-30-80(48)61(93)40(65)19-12-29-71-63(69)70/h4-9,15-18,37,40-49H,10-14,19-36,64-65H2,1-3H3,(H2,66,82)(H2,67,83)(H2,68,85)(H,72,86)(H,73,84)(H,74,89)(H,75,87)(H,76,91)(H,77,92)(H,78,90)(H,79,88)(H4,69,70,71)/t40-,41-,42+,43+,44-,45+,46-,47+,48+,49+/m0/s1. The number of nitrogens with one attached hydrogen (secondary N) is 8. The van der Waals surface area contributed by atoms with Crippen molar-refractivity contribution in [3.05, 3.63) is 71.8 Å². The van der Waals surface area contributed by atoms with Gasteiger partial charge in [0, 0.05) is 45.3 Å². The van der Waals surface area contributed by atoms with E-state index in [9.17, 15) is 62.3 Å². The van der Waals surface area contributed by atoms with Crippen molar-refractivity contribution in [1.29, 1.82) is 0 Å². The van der Waals surface area contributed by atoms with Gasteiger partial charge in [-0.25, -0.2) is 0 Å². The number of unbranched alkanes of at least 4 members (excludes halogenated alkanes) is 1. The first-order valence-corrected chi connectivity index (χ1v) is 33.6. The fourth-order valence-electron chi connectivity index (χ4n) is 11.0. The number of carbonyl (C=O) groups excluding carboxylic acids is 13. The normalized spacial score (nSPS) is 16.8. The summed E-state index contributed by atoms with van der Waals surface area (Å²) in [5.41, 5.74) is 40.6. The number of carbonyl (C=O) groups is 13. The van der Waals surface area contributed by atoms with E-state index in [4.69, 9.17) is 40.1 Å². The van der Waals surface area contributed by atoms with Gasteiger partial charge in [-0.2, -0.15) is 11.8 Å². The number of amides is 13. The molecule has 2 aromatic rings. The van der Waals surface area contributed by atoms with Gasteiger partial charge in [0.05, 0.1) is 12.6 Å².